The van der Waals surface area contributed by atoms with E-state index in [-0.39, 0.29) is 11.9 Å². The first-order chi connectivity index (χ1) is 9.15. The predicted octanol–water partition coefficient (Wildman–Crippen LogP) is 1.61. The summed E-state index contributed by atoms with van der Waals surface area (Å²) in [5.41, 5.74) is 1.60. The van der Waals surface area contributed by atoms with Gasteiger partial charge in [0, 0.05) is 17.7 Å². The molecule has 1 atom stereocenters. The first-order valence-electron chi connectivity index (χ1n) is 6.00. The number of nitrogens with one attached hydrogen (secondary N) is 2. The standard InChI is InChI=1S/C13H18N2O3S/c1-8-4-12(18-3)9(5-11(8)17-2)15-13(16)10-6-19-7-14-10/h4-5,10,14H,6-7H2,1-3H3,(H,15,16). The number of benzene rings is 1. The van der Waals surface area contributed by atoms with Crippen LogP contribution in [0, 0.1) is 6.92 Å². The molecule has 1 unspecified atom stereocenters. The van der Waals surface area contributed by atoms with Gasteiger partial charge in [-0.1, -0.05) is 0 Å². The van der Waals surface area contributed by atoms with E-state index in [1.165, 1.54) is 0 Å². The van der Waals surface area contributed by atoms with Gasteiger partial charge in [-0.2, -0.15) is 0 Å². The number of thioether (sulfide) groups is 1. The molecule has 19 heavy (non-hydrogen) atoms. The molecule has 1 aromatic carbocycles. The van der Waals surface area contributed by atoms with E-state index >= 15 is 0 Å². The van der Waals surface area contributed by atoms with Gasteiger partial charge in [-0.15, -0.1) is 11.8 Å². The summed E-state index contributed by atoms with van der Waals surface area (Å²) in [6.07, 6.45) is 0. The molecule has 0 bridgehead atoms. The Balaban J connectivity index is 2.20. The van der Waals surface area contributed by atoms with Crippen molar-refractivity contribution in [2.75, 3.05) is 31.2 Å². The van der Waals surface area contributed by atoms with Crippen LogP contribution in [0.1, 0.15) is 5.56 Å². The maximum absolute atomic E-state index is 12.1. The van der Waals surface area contributed by atoms with Crippen LogP contribution in [0.5, 0.6) is 11.5 Å². The Labute approximate surface area is 117 Å². The van der Waals surface area contributed by atoms with Gasteiger partial charge in [0.1, 0.15) is 11.5 Å². The summed E-state index contributed by atoms with van der Waals surface area (Å²) in [7, 11) is 3.19. The third-order valence-corrected chi connectivity index (χ3v) is 3.95. The van der Waals surface area contributed by atoms with Crippen molar-refractivity contribution in [3.8, 4) is 11.5 Å². The average Bonchev–Trinajstić information content (AvgIpc) is 2.94. The van der Waals surface area contributed by atoms with E-state index in [1.54, 1.807) is 32.0 Å². The second-order valence-electron chi connectivity index (χ2n) is 4.28. The summed E-state index contributed by atoms with van der Waals surface area (Å²) in [5.74, 6) is 2.92. The largest absolute Gasteiger partial charge is 0.496 e. The highest BCUT2D eigenvalue weighted by atomic mass is 32.2. The van der Waals surface area contributed by atoms with Crippen molar-refractivity contribution in [1.29, 1.82) is 0 Å². The number of carbonyl (C=O) groups is 1. The smallest absolute Gasteiger partial charge is 0.242 e. The van der Waals surface area contributed by atoms with Crippen molar-refractivity contribution >= 4 is 23.4 Å². The van der Waals surface area contributed by atoms with Gasteiger partial charge in [0.2, 0.25) is 5.91 Å². The highest BCUT2D eigenvalue weighted by molar-refractivity contribution is 7.99. The molecule has 1 aliphatic heterocycles. The van der Waals surface area contributed by atoms with Gasteiger partial charge in [-0.25, -0.2) is 0 Å². The molecule has 5 nitrogen and oxygen atoms in total. The van der Waals surface area contributed by atoms with Crippen LogP contribution in [0.2, 0.25) is 0 Å². The van der Waals surface area contributed by atoms with Crippen LogP contribution in [0.3, 0.4) is 0 Å². The first kappa shape index (κ1) is 14.0. The molecule has 1 fully saturated rings. The molecule has 1 heterocycles. The van der Waals surface area contributed by atoms with Crippen molar-refractivity contribution in [2.24, 2.45) is 0 Å². The van der Waals surface area contributed by atoms with Crippen LogP contribution < -0.4 is 20.1 Å². The molecule has 2 rings (SSSR count). The SMILES string of the molecule is COc1cc(NC(=O)C2CSCN2)c(OC)cc1C. The average molecular weight is 282 g/mol. The highest BCUT2D eigenvalue weighted by Gasteiger charge is 2.23. The fourth-order valence-electron chi connectivity index (χ4n) is 1.93. The van der Waals surface area contributed by atoms with Crippen LogP contribution in [0.25, 0.3) is 0 Å². The van der Waals surface area contributed by atoms with Crippen molar-refractivity contribution < 1.29 is 14.3 Å². The number of ether oxygens (including phenoxy) is 2. The summed E-state index contributed by atoms with van der Waals surface area (Å²) in [4.78, 5) is 12.1. The molecule has 6 heteroatoms. The zero-order valence-corrected chi connectivity index (χ0v) is 12.1. The van der Waals surface area contributed by atoms with Gasteiger partial charge in [0.05, 0.1) is 25.9 Å². The monoisotopic (exact) mass is 282 g/mol. The number of hydrogen-bond donors (Lipinski definition) is 2. The van der Waals surface area contributed by atoms with Gasteiger partial charge in [-0.3, -0.25) is 10.1 Å². The molecule has 1 saturated heterocycles. The van der Waals surface area contributed by atoms with Crippen molar-refractivity contribution in [3.05, 3.63) is 17.7 Å². The van der Waals surface area contributed by atoms with Crippen LogP contribution in [0.15, 0.2) is 12.1 Å². The van der Waals surface area contributed by atoms with E-state index in [4.69, 9.17) is 9.47 Å². The fraction of sp³-hybridized carbons (Fsp3) is 0.462. The molecule has 1 aliphatic rings. The molecule has 0 aliphatic carbocycles. The van der Waals surface area contributed by atoms with Gasteiger partial charge in [0.25, 0.3) is 0 Å². The summed E-state index contributed by atoms with van der Waals surface area (Å²) in [6.45, 7) is 1.93. The van der Waals surface area contributed by atoms with Crippen LogP contribution in [-0.2, 0) is 4.79 Å². The Morgan fingerprint density at radius 1 is 1.37 bits per heavy atom. The quantitative estimate of drug-likeness (QED) is 0.878. The van der Waals surface area contributed by atoms with Crippen LogP contribution in [-0.4, -0.2) is 37.8 Å². The van der Waals surface area contributed by atoms with E-state index < -0.39 is 0 Å². The van der Waals surface area contributed by atoms with Gasteiger partial charge in [-0.05, 0) is 18.6 Å². The number of carbonyl (C=O) groups excluding carboxylic acids is 1. The molecule has 1 amide bonds. The zero-order valence-electron chi connectivity index (χ0n) is 11.3. The minimum Gasteiger partial charge on any atom is -0.496 e. The maximum Gasteiger partial charge on any atom is 0.242 e. The summed E-state index contributed by atoms with van der Waals surface area (Å²) in [5, 5.41) is 6.02. The Hall–Kier alpha value is -1.40. The third kappa shape index (κ3) is 3.13. The molecule has 0 aromatic heterocycles. The number of amides is 1. The van der Waals surface area contributed by atoms with E-state index in [0.717, 1.165) is 22.9 Å². The third-order valence-electron chi connectivity index (χ3n) is 3.01. The molecule has 2 N–H and O–H groups in total. The highest BCUT2D eigenvalue weighted by Crippen LogP contribution is 2.32. The normalized spacial score (nSPS) is 18.2. The number of hydrogen-bond acceptors (Lipinski definition) is 5. The van der Waals surface area contributed by atoms with Crippen molar-refractivity contribution in [3.63, 3.8) is 0 Å². The molecule has 104 valence electrons. The summed E-state index contributed by atoms with van der Waals surface area (Å²) >= 11 is 1.71. The van der Waals surface area contributed by atoms with Gasteiger partial charge in [0.15, 0.2) is 0 Å². The Morgan fingerprint density at radius 3 is 2.68 bits per heavy atom. The lowest BCUT2D eigenvalue weighted by Gasteiger charge is -2.15. The lowest BCUT2D eigenvalue weighted by molar-refractivity contribution is -0.117. The van der Waals surface area contributed by atoms with E-state index in [1.807, 2.05) is 13.0 Å². The Morgan fingerprint density at radius 2 is 2.11 bits per heavy atom. The zero-order chi connectivity index (χ0) is 13.8. The minimum absolute atomic E-state index is 0.0470. The maximum atomic E-state index is 12.1. The topological polar surface area (TPSA) is 59.6 Å². The molecular weight excluding hydrogens is 264 g/mol. The van der Waals surface area contributed by atoms with E-state index in [9.17, 15) is 4.79 Å². The minimum atomic E-state index is -0.151. The molecule has 1 aromatic rings. The number of anilines is 1. The molecular formula is C13H18N2O3S. The lowest BCUT2D eigenvalue weighted by Crippen LogP contribution is -2.37. The number of rotatable bonds is 4. The number of methoxy groups -OCH3 is 2. The second kappa shape index (κ2) is 6.16. The summed E-state index contributed by atoms with van der Waals surface area (Å²) < 4.78 is 10.6. The van der Waals surface area contributed by atoms with E-state index in [2.05, 4.69) is 10.6 Å². The Kier molecular flexibility index (Phi) is 4.55. The predicted molar refractivity (Wildman–Crippen MR) is 77.2 cm³/mol. The van der Waals surface area contributed by atoms with Crippen molar-refractivity contribution in [2.45, 2.75) is 13.0 Å². The van der Waals surface area contributed by atoms with Gasteiger partial charge >= 0.3 is 0 Å². The van der Waals surface area contributed by atoms with E-state index in [0.29, 0.717) is 11.4 Å². The fourth-order valence-corrected chi connectivity index (χ4v) is 2.87. The first-order valence-corrected chi connectivity index (χ1v) is 7.15. The second-order valence-corrected chi connectivity index (χ2v) is 5.31. The van der Waals surface area contributed by atoms with Crippen LogP contribution >= 0.6 is 11.8 Å². The number of aryl methyl sites for hydroxylation is 1. The van der Waals surface area contributed by atoms with Gasteiger partial charge < -0.3 is 14.8 Å². The summed E-state index contributed by atoms with van der Waals surface area (Å²) in [6, 6.07) is 3.49. The van der Waals surface area contributed by atoms with Crippen molar-refractivity contribution in [1.82, 2.24) is 5.32 Å². The Bertz CT molecular complexity index is 473. The molecule has 0 radical (unpaired) electrons. The molecule has 0 spiro atoms. The molecule has 0 saturated carbocycles. The lowest BCUT2D eigenvalue weighted by atomic mass is 10.1. The van der Waals surface area contributed by atoms with Crippen LogP contribution in [0.4, 0.5) is 5.69 Å².